The number of hydrogen-bond acceptors (Lipinski definition) is 5. The predicted molar refractivity (Wildman–Crippen MR) is 136 cm³/mol. The van der Waals surface area contributed by atoms with E-state index in [0.717, 1.165) is 19.3 Å². The highest BCUT2D eigenvalue weighted by atomic mass is 32.2. The molecule has 8 heteroatoms. The molecule has 3 N–H and O–H groups in total. The van der Waals surface area contributed by atoms with Gasteiger partial charge in [-0.25, -0.2) is 4.98 Å². The SMILES string of the molecule is CC(Sc1nc2ccccc2c(=O)n1CCC1=CCCCC1)C(=O)Nc1ccc(C(N)=O)cc1. The van der Waals surface area contributed by atoms with Crippen LogP contribution in [0.3, 0.4) is 0 Å². The number of hydrogen-bond donors (Lipinski definition) is 2. The highest BCUT2D eigenvalue weighted by Gasteiger charge is 2.20. The molecule has 0 spiro atoms. The molecule has 1 atom stereocenters. The normalized spacial score (nSPS) is 14.4. The Morgan fingerprint density at radius 3 is 2.62 bits per heavy atom. The van der Waals surface area contributed by atoms with E-state index in [1.165, 1.54) is 30.2 Å². The number of benzene rings is 2. The first-order chi connectivity index (χ1) is 16.4. The maximum atomic E-state index is 13.3. The molecular formula is C26H28N4O3S. The van der Waals surface area contributed by atoms with Crippen molar-refractivity contribution in [1.82, 2.24) is 9.55 Å². The Morgan fingerprint density at radius 2 is 1.91 bits per heavy atom. The van der Waals surface area contributed by atoms with Crippen LogP contribution in [0.4, 0.5) is 5.69 Å². The van der Waals surface area contributed by atoms with Crippen LogP contribution in [-0.4, -0.2) is 26.6 Å². The van der Waals surface area contributed by atoms with Crippen LogP contribution < -0.4 is 16.6 Å². The Kier molecular flexibility index (Phi) is 7.47. The number of primary amides is 1. The molecule has 0 radical (unpaired) electrons. The van der Waals surface area contributed by atoms with E-state index in [0.29, 0.717) is 33.9 Å². The minimum Gasteiger partial charge on any atom is -0.366 e. The lowest BCUT2D eigenvalue weighted by Crippen LogP contribution is -2.27. The lowest BCUT2D eigenvalue weighted by Gasteiger charge is -2.18. The van der Waals surface area contributed by atoms with E-state index in [4.69, 9.17) is 10.7 Å². The molecule has 34 heavy (non-hydrogen) atoms. The van der Waals surface area contributed by atoms with Crippen molar-refractivity contribution in [3.05, 3.63) is 76.1 Å². The number of carbonyl (C=O) groups is 2. The standard InChI is InChI=1S/C26H28N4O3S/c1-17(24(32)28-20-13-11-19(12-14-20)23(27)31)34-26-29-22-10-6-5-9-21(22)25(33)30(26)16-15-18-7-3-2-4-8-18/h5-7,9-14,17H,2-4,8,15-16H2,1H3,(H2,27,31)(H,28,32). The Morgan fingerprint density at radius 1 is 1.15 bits per heavy atom. The van der Waals surface area contributed by atoms with Gasteiger partial charge in [-0.2, -0.15) is 0 Å². The van der Waals surface area contributed by atoms with Crippen LogP contribution in [-0.2, 0) is 11.3 Å². The zero-order valence-electron chi connectivity index (χ0n) is 19.1. The van der Waals surface area contributed by atoms with Crippen LogP contribution in [0.2, 0.25) is 0 Å². The van der Waals surface area contributed by atoms with Gasteiger partial charge in [0.25, 0.3) is 5.56 Å². The van der Waals surface area contributed by atoms with E-state index < -0.39 is 11.2 Å². The van der Waals surface area contributed by atoms with Crippen molar-refractivity contribution in [3.63, 3.8) is 0 Å². The lowest BCUT2D eigenvalue weighted by molar-refractivity contribution is -0.115. The quantitative estimate of drug-likeness (QED) is 0.283. The summed E-state index contributed by atoms with van der Waals surface area (Å²) in [6.45, 7) is 2.32. The topological polar surface area (TPSA) is 107 Å². The average molecular weight is 477 g/mol. The third-order valence-corrected chi connectivity index (χ3v) is 7.05. The van der Waals surface area contributed by atoms with Crippen molar-refractivity contribution in [3.8, 4) is 0 Å². The third kappa shape index (κ3) is 5.56. The molecule has 176 valence electrons. The molecular weight excluding hydrogens is 448 g/mol. The molecule has 3 aromatic rings. The highest BCUT2D eigenvalue weighted by molar-refractivity contribution is 8.00. The first-order valence-electron chi connectivity index (χ1n) is 11.5. The Bertz CT molecular complexity index is 1300. The van der Waals surface area contributed by atoms with Crippen molar-refractivity contribution in [2.24, 2.45) is 5.73 Å². The van der Waals surface area contributed by atoms with E-state index in [2.05, 4.69) is 11.4 Å². The monoisotopic (exact) mass is 476 g/mol. The lowest BCUT2D eigenvalue weighted by atomic mass is 9.97. The Balaban J connectivity index is 1.55. The van der Waals surface area contributed by atoms with Crippen LogP contribution in [0.5, 0.6) is 0 Å². The highest BCUT2D eigenvalue weighted by Crippen LogP contribution is 2.26. The number of amides is 2. The molecule has 0 saturated heterocycles. The fourth-order valence-corrected chi connectivity index (χ4v) is 4.93. The summed E-state index contributed by atoms with van der Waals surface area (Å²) in [5.41, 5.74) is 8.13. The number of aromatic nitrogens is 2. The van der Waals surface area contributed by atoms with E-state index in [9.17, 15) is 14.4 Å². The number of nitrogens with two attached hydrogens (primary N) is 1. The van der Waals surface area contributed by atoms with Gasteiger partial charge in [0.2, 0.25) is 11.8 Å². The molecule has 0 bridgehead atoms. The van der Waals surface area contributed by atoms with Gasteiger partial charge >= 0.3 is 0 Å². The Hall–Kier alpha value is -3.39. The van der Waals surface area contributed by atoms with Crippen LogP contribution in [0.1, 0.15) is 49.4 Å². The molecule has 4 rings (SSSR count). The largest absolute Gasteiger partial charge is 0.366 e. The van der Waals surface area contributed by atoms with Crippen molar-refractivity contribution >= 4 is 40.2 Å². The fraction of sp³-hybridized carbons (Fsp3) is 0.308. The number of carbonyl (C=O) groups excluding carboxylic acids is 2. The molecule has 0 aliphatic heterocycles. The van der Waals surface area contributed by atoms with Gasteiger partial charge in [-0.1, -0.05) is 35.5 Å². The summed E-state index contributed by atoms with van der Waals surface area (Å²) >= 11 is 1.27. The van der Waals surface area contributed by atoms with Gasteiger partial charge in [-0.05, 0) is 75.4 Å². The van der Waals surface area contributed by atoms with E-state index >= 15 is 0 Å². The van der Waals surface area contributed by atoms with E-state index in [1.807, 2.05) is 18.2 Å². The zero-order chi connectivity index (χ0) is 24.1. The molecule has 1 aliphatic rings. The predicted octanol–water partition coefficient (Wildman–Crippen LogP) is 4.51. The van der Waals surface area contributed by atoms with Gasteiger partial charge in [0.1, 0.15) is 0 Å². The Labute approximate surface area is 202 Å². The summed E-state index contributed by atoms with van der Waals surface area (Å²) in [5, 5.41) is 3.46. The van der Waals surface area contributed by atoms with Gasteiger partial charge in [0, 0.05) is 17.8 Å². The van der Waals surface area contributed by atoms with Crippen LogP contribution >= 0.6 is 11.8 Å². The molecule has 2 amide bonds. The molecule has 0 fully saturated rings. The molecule has 2 aromatic carbocycles. The number of anilines is 1. The fourth-order valence-electron chi connectivity index (χ4n) is 4.00. The zero-order valence-corrected chi connectivity index (χ0v) is 19.9. The number of nitrogens with one attached hydrogen (secondary N) is 1. The molecule has 0 saturated carbocycles. The number of nitrogens with zero attached hydrogens (tertiary/aromatic N) is 2. The van der Waals surface area contributed by atoms with Crippen molar-refractivity contribution < 1.29 is 9.59 Å². The second-order valence-electron chi connectivity index (χ2n) is 8.42. The van der Waals surface area contributed by atoms with Gasteiger partial charge in [0.05, 0.1) is 16.2 Å². The third-order valence-electron chi connectivity index (χ3n) is 5.96. The molecule has 1 aromatic heterocycles. The summed E-state index contributed by atoms with van der Waals surface area (Å²) < 4.78 is 1.70. The van der Waals surface area contributed by atoms with Crippen LogP contribution in [0.25, 0.3) is 10.9 Å². The van der Waals surface area contributed by atoms with E-state index in [-0.39, 0.29) is 11.5 Å². The van der Waals surface area contributed by atoms with Gasteiger partial charge in [-0.3, -0.25) is 19.0 Å². The molecule has 7 nitrogen and oxygen atoms in total. The summed E-state index contributed by atoms with van der Waals surface area (Å²) in [7, 11) is 0. The van der Waals surface area contributed by atoms with Crippen molar-refractivity contribution in [1.29, 1.82) is 0 Å². The minimum absolute atomic E-state index is 0.0841. The first kappa shape index (κ1) is 23.8. The number of para-hydroxylation sites is 1. The molecule has 1 unspecified atom stereocenters. The van der Waals surface area contributed by atoms with E-state index in [1.54, 1.807) is 41.8 Å². The second kappa shape index (κ2) is 10.7. The smallest absolute Gasteiger partial charge is 0.262 e. The molecule has 1 heterocycles. The summed E-state index contributed by atoms with van der Waals surface area (Å²) in [5.74, 6) is -0.744. The summed E-state index contributed by atoms with van der Waals surface area (Å²) in [6, 6.07) is 13.7. The van der Waals surface area contributed by atoms with Crippen LogP contribution in [0.15, 0.2) is 70.1 Å². The van der Waals surface area contributed by atoms with Crippen molar-refractivity contribution in [2.45, 2.75) is 56.0 Å². The second-order valence-corrected chi connectivity index (χ2v) is 9.73. The number of thioether (sulfide) groups is 1. The van der Waals surface area contributed by atoms with Crippen LogP contribution in [0, 0.1) is 0 Å². The molecule has 1 aliphatic carbocycles. The van der Waals surface area contributed by atoms with Crippen molar-refractivity contribution in [2.75, 3.05) is 5.32 Å². The maximum Gasteiger partial charge on any atom is 0.262 e. The van der Waals surface area contributed by atoms with Gasteiger partial charge in [0.15, 0.2) is 5.16 Å². The minimum atomic E-state index is -0.522. The number of fused-ring (bicyclic) bond motifs is 1. The first-order valence-corrected chi connectivity index (χ1v) is 12.3. The van der Waals surface area contributed by atoms with Gasteiger partial charge < -0.3 is 11.1 Å². The summed E-state index contributed by atoms with van der Waals surface area (Å²) in [4.78, 5) is 42.1. The number of rotatable bonds is 8. The summed E-state index contributed by atoms with van der Waals surface area (Å²) in [6.07, 6.45) is 7.68. The average Bonchev–Trinajstić information content (AvgIpc) is 2.84. The van der Waals surface area contributed by atoms with Gasteiger partial charge in [-0.15, -0.1) is 0 Å². The maximum absolute atomic E-state index is 13.3. The number of allylic oxidation sites excluding steroid dienone is 2.